The Morgan fingerprint density at radius 1 is 1.26 bits per heavy atom. The average Bonchev–Trinajstić information content (AvgIpc) is 2.67. The minimum absolute atomic E-state index is 0.0335. The van der Waals surface area contributed by atoms with Gasteiger partial charge in [-0.05, 0) is 24.6 Å². The number of nitrogens with one attached hydrogen (secondary N) is 1. The summed E-state index contributed by atoms with van der Waals surface area (Å²) >= 11 is 3.38. The molecule has 1 N–H and O–H groups in total. The molecule has 1 aliphatic rings. The van der Waals surface area contributed by atoms with Gasteiger partial charge in [-0.3, -0.25) is 4.79 Å². The normalized spacial score (nSPS) is 14.1. The van der Waals surface area contributed by atoms with Gasteiger partial charge in [0.15, 0.2) is 0 Å². The van der Waals surface area contributed by atoms with Crippen molar-refractivity contribution in [2.45, 2.75) is 13.3 Å². The predicted octanol–water partition coefficient (Wildman–Crippen LogP) is 2.12. The maximum atomic E-state index is 12.0. The van der Waals surface area contributed by atoms with E-state index < -0.39 is 0 Å². The Balaban J connectivity index is 1.45. The van der Waals surface area contributed by atoms with Gasteiger partial charge >= 0.3 is 0 Å². The molecule has 7 nitrogen and oxygen atoms in total. The third-order valence-electron chi connectivity index (χ3n) is 4.09. The second-order valence-corrected chi connectivity index (χ2v) is 7.13. The molecule has 8 heteroatoms. The number of hydrogen-bond acceptors (Lipinski definition) is 6. The molecule has 0 radical (unpaired) electrons. The molecule has 0 aliphatic carbocycles. The molecule has 1 fully saturated rings. The van der Waals surface area contributed by atoms with Crippen LogP contribution < -0.4 is 15.0 Å². The zero-order valence-corrected chi connectivity index (χ0v) is 16.9. The molecular formula is C19H23BrN4O3. The number of morpholine rings is 1. The van der Waals surface area contributed by atoms with Crippen LogP contribution in [-0.4, -0.2) is 55.3 Å². The Morgan fingerprint density at radius 3 is 2.74 bits per heavy atom. The summed E-state index contributed by atoms with van der Waals surface area (Å²) in [7, 11) is 0. The summed E-state index contributed by atoms with van der Waals surface area (Å²) < 4.78 is 12.1. The fraction of sp³-hybridized carbons (Fsp3) is 0.421. The minimum Gasteiger partial charge on any atom is -0.476 e. The molecule has 1 aromatic carbocycles. The quantitative estimate of drug-likeness (QED) is 0.672. The van der Waals surface area contributed by atoms with Crippen molar-refractivity contribution >= 4 is 27.7 Å². The molecule has 0 bridgehead atoms. The Bertz CT molecular complexity index is 764. The first-order valence-electron chi connectivity index (χ1n) is 8.92. The first-order valence-corrected chi connectivity index (χ1v) is 9.72. The molecule has 3 rings (SSSR count). The molecule has 0 unspecified atom stereocenters. The standard InChI is InChI=1S/C19H23BrN4O3/c1-14-22-17(24-7-10-26-11-8-24)13-19(23-14)27-9-6-21-18(25)12-15-2-4-16(20)5-3-15/h2-5,13H,6-12H2,1H3,(H,21,25). The topological polar surface area (TPSA) is 76.6 Å². The molecule has 0 spiro atoms. The number of aromatic nitrogens is 2. The average molecular weight is 435 g/mol. The van der Waals surface area contributed by atoms with Crippen LogP contribution in [0.2, 0.25) is 0 Å². The van der Waals surface area contributed by atoms with Crippen molar-refractivity contribution < 1.29 is 14.3 Å². The summed E-state index contributed by atoms with van der Waals surface area (Å²) in [5, 5.41) is 2.86. The van der Waals surface area contributed by atoms with Gasteiger partial charge in [-0.2, -0.15) is 4.98 Å². The van der Waals surface area contributed by atoms with Crippen LogP contribution in [0.3, 0.4) is 0 Å². The maximum Gasteiger partial charge on any atom is 0.224 e. The number of aryl methyl sites for hydroxylation is 1. The van der Waals surface area contributed by atoms with Crippen LogP contribution in [0.5, 0.6) is 5.88 Å². The van der Waals surface area contributed by atoms with Gasteiger partial charge in [0.2, 0.25) is 11.8 Å². The predicted molar refractivity (Wildman–Crippen MR) is 106 cm³/mol. The largest absolute Gasteiger partial charge is 0.476 e. The van der Waals surface area contributed by atoms with Gasteiger partial charge in [-0.25, -0.2) is 4.98 Å². The van der Waals surface area contributed by atoms with E-state index in [0.29, 0.717) is 44.5 Å². The van der Waals surface area contributed by atoms with Crippen molar-refractivity contribution in [2.24, 2.45) is 0 Å². The number of rotatable bonds is 7. The minimum atomic E-state index is -0.0335. The maximum absolute atomic E-state index is 12.0. The third kappa shape index (κ3) is 6.18. The molecule has 0 atom stereocenters. The van der Waals surface area contributed by atoms with Crippen LogP contribution in [0.4, 0.5) is 5.82 Å². The Labute approximate surface area is 167 Å². The summed E-state index contributed by atoms with van der Waals surface area (Å²) in [6.07, 6.45) is 0.348. The Morgan fingerprint density at radius 2 is 2.00 bits per heavy atom. The Hall–Kier alpha value is -2.19. The summed E-state index contributed by atoms with van der Waals surface area (Å²) in [5.74, 6) is 1.99. The van der Waals surface area contributed by atoms with E-state index in [-0.39, 0.29) is 5.91 Å². The summed E-state index contributed by atoms with van der Waals surface area (Å²) in [6, 6.07) is 9.54. The van der Waals surface area contributed by atoms with Crippen molar-refractivity contribution in [3.8, 4) is 5.88 Å². The van der Waals surface area contributed by atoms with E-state index in [1.54, 1.807) is 0 Å². The lowest BCUT2D eigenvalue weighted by atomic mass is 10.1. The molecule has 1 aromatic heterocycles. The van der Waals surface area contributed by atoms with Crippen molar-refractivity contribution in [3.63, 3.8) is 0 Å². The van der Waals surface area contributed by atoms with E-state index in [1.807, 2.05) is 37.3 Å². The van der Waals surface area contributed by atoms with Crippen molar-refractivity contribution in [2.75, 3.05) is 44.4 Å². The highest BCUT2D eigenvalue weighted by Crippen LogP contribution is 2.18. The van der Waals surface area contributed by atoms with Crippen molar-refractivity contribution in [3.05, 3.63) is 46.2 Å². The van der Waals surface area contributed by atoms with Crippen molar-refractivity contribution in [1.29, 1.82) is 0 Å². The molecule has 144 valence electrons. The third-order valence-corrected chi connectivity index (χ3v) is 4.62. The lowest BCUT2D eigenvalue weighted by molar-refractivity contribution is -0.120. The molecule has 1 saturated heterocycles. The highest BCUT2D eigenvalue weighted by atomic mass is 79.9. The fourth-order valence-electron chi connectivity index (χ4n) is 2.75. The lowest BCUT2D eigenvalue weighted by Crippen LogP contribution is -2.37. The second kappa shape index (κ2) is 9.66. The van der Waals surface area contributed by atoms with Crippen LogP contribution in [0, 0.1) is 6.92 Å². The number of anilines is 1. The zero-order valence-electron chi connectivity index (χ0n) is 15.3. The van der Waals surface area contributed by atoms with E-state index in [9.17, 15) is 4.79 Å². The van der Waals surface area contributed by atoms with Gasteiger partial charge in [0, 0.05) is 23.6 Å². The van der Waals surface area contributed by atoms with E-state index in [0.717, 1.165) is 28.9 Å². The number of halogens is 1. The number of nitrogens with zero attached hydrogens (tertiary/aromatic N) is 3. The number of carbonyl (C=O) groups excluding carboxylic acids is 1. The van der Waals surface area contributed by atoms with Crippen LogP contribution in [-0.2, 0) is 16.0 Å². The molecular weight excluding hydrogens is 412 g/mol. The summed E-state index contributed by atoms with van der Waals surface area (Å²) in [5.41, 5.74) is 0.971. The SMILES string of the molecule is Cc1nc(OCCNC(=O)Cc2ccc(Br)cc2)cc(N2CCOCC2)n1. The van der Waals surface area contributed by atoms with Gasteiger partial charge < -0.3 is 19.7 Å². The van der Waals surface area contributed by atoms with Gasteiger partial charge in [0.25, 0.3) is 0 Å². The van der Waals surface area contributed by atoms with E-state index in [4.69, 9.17) is 9.47 Å². The van der Waals surface area contributed by atoms with Gasteiger partial charge in [0.1, 0.15) is 18.2 Å². The van der Waals surface area contributed by atoms with Gasteiger partial charge in [0.05, 0.1) is 26.2 Å². The lowest BCUT2D eigenvalue weighted by Gasteiger charge is -2.28. The summed E-state index contributed by atoms with van der Waals surface area (Å²) in [4.78, 5) is 22.9. The molecule has 2 aromatic rings. The number of hydrogen-bond donors (Lipinski definition) is 1. The molecule has 2 heterocycles. The van der Waals surface area contributed by atoms with Crippen molar-refractivity contribution in [1.82, 2.24) is 15.3 Å². The fourth-order valence-corrected chi connectivity index (χ4v) is 3.01. The van der Waals surface area contributed by atoms with Crippen LogP contribution in [0.1, 0.15) is 11.4 Å². The second-order valence-electron chi connectivity index (χ2n) is 6.21. The first-order chi connectivity index (χ1) is 13.1. The van der Waals surface area contributed by atoms with Crippen LogP contribution >= 0.6 is 15.9 Å². The number of benzene rings is 1. The van der Waals surface area contributed by atoms with E-state index in [2.05, 4.69) is 36.1 Å². The van der Waals surface area contributed by atoms with Crippen LogP contribution in [0.15, 0.2) is 34.8 Å². The van der Waals surface area contributed by atoms with Crippen LogP contribution in [0.25, 0.3) is 0 Å². The molecule has 0 saturated carbocycles. The highest BCUT2D eigenvalue weighted by Gasteiger charge is 2.14. The summed E-state index contributed by atoms with van der Waals surface area (Å²) in [6.45, 7) is 5.63. The monoisotopic (exact) mass is 434 g/mol. The molecule has 1 amide bonds. The Kier molecular flexibility index (Phi) is 7.00. The number of amides is 1. The highest BCUT2D eigenvalue weighted by molar-refractivity contribution is 9.10. The van der Waals surface area contributed by atoms with Gasteiger partial charge in [-0.15, -0.1) is 0 Å². The van der Waals surface area contributed by atoms with E-state index in [1.165, 1.54) is 0 Å². The number of carbonyl (C=O) groups is 1. The zero-order chi connectivity index (χ0) is 19.1. The van der Waals surface area contributed by atoms with E-state index >= 15 is 0 Å². The molecule has 27 heavy (non-hydrogen) atoms. The van der Waals surface area contributed by atoms with Gasteiger partial charge in [-0.1, -0.05) is 28.1 Å². The smallest absolute Gasteiger partial charge is 0.224 e. The first kappa shape index (κ1) is 19.6. The number of ether oxygens (including phenoxy) is 2. The molecule has 1 aliphatic heterocycles.